The normalized spacial score (nSPS) is 23.2. The Morgan fingerprint density at radius 2 is 0.849 bits per heavy atom. The Labute approximate surface area is 499 Å². The molecule has 6 atom stereocenters. The largest absolute Gasteiger partial charge is 0.461 e. The van der Waals surface area contributed by atoms with Crippen LogP contribution in [0.3, 0.4) is 0 Å². The lowest BCUT2D eigenvalue weighted by Gasteiger charge is -2.37. The van der Waals surface area contributed by atoms with Crippen molar-refractivity contribution in [3.05, 3.63) is 96.1 Å². The van der Waals surface area contributed by atoms with Crippen LogP contribution in [0.15, 0.2) is 84.9 Å². The minimum atomic E-state index is -1.56. The van der Waals surface area contributed by atoms with E-state index in [1.807, 2.05) is 36.4 Å². The second-order valence-electron chi connectivity index (χ2n) is 22.8. The Kier molecular flexibility index (Phi) is 22.0. The molecule has 3 aliphatic rings. The van der Waals surface area contributed by atoms with Crippen LogP contribution in [-0.2, 0) is 57.4 Å². The van der Waals surface area contributed by atoms with Crippen molar-refractivity contribution in [3.8, 4) is 0 Å². The Balaban J connectivity index is 1.16. The maximum atomic E-state index is 14.8. The van der Waals surface area contributed by atoms with Crippen molar-refractivity contribution in [2.24, 2.45) is 11.8 Å². The number of ether oxygens (including phenoxy) is 2. The van der Waals surface area contributed by atoms with E-state index >= 15 is 0 Å². The molecule has 0 saturated carbocycles. The zero-order valence-electron chi connectivity index (χ0n) is 50.0. The monoisotopic (exact) mass is 1190 g/mol. The number of amides is 10. The summed E-state index contributed by atoms with van der Waals surface area (Å²) in [5.41, 5.74) is 0.371. The first-order chi connectivity index (χ1) is 40.9. The van der Waals surface area contributed by atoms with Crippen LogP contribution in [0.4, 0.5) is 0 Å². The lowest BCUT2D eigenvalue weighted by atomic mass is 9.99. The van der Waals surface area contributed by atoms with Gasteiger partial charge in [-0.15, -0.1) is 0 Å². The van der Waals surface area contributed by atoms with Gasteiger partial charge >= 0.3 is 11.9 Å². The van der Waals surface area contributed by atoms with Crippen LogP contribution < -0.4 is 21.3 Å². The molecule has 460 valence electrons. The smallest absolute Gasteiger partial charge is 0.329 e. The summed E-state index contributed by atoms with van der Waals surface area (Å²) < 4.78 is 11.6. The topological polar surface area (TPSA) is 291 Å². The number of esters is 2. The fourth-order valence-corrected chi connectivity index (χ4v) is 11.0. The molecule has 0 bridgehead atoms. The highest BCUT2D eigenvalue weighted by atomic mass is 16.5. The molecule has 4 N–H and O–H groups in total. The minimum absolute atomic E-state index is 0.0546. The third-order valence-electron chi connectivity index (χ3n) is 16.0. The van der Waals surface area contributed by atoms with Gasteiger partial charge < -0.3 is 60.1 Å². The quantitative estimate of drug-likeness (QED) is 0.201. The van der Waals surface area contributed by atoms with E-state index in [4.69, 9.17) is 9.47 Å². The molecule has 0 radical (unpaired) electrons. The van der Waals surface area contributed by atoms with E-state index in [2.05, 4.69) is 21.3 Å². The first kappa shape index (κ1) is 64.6. The van der Waals surface area contributed by atoms with Gasteiger partial charge in [-0.3, -0.25) is 47.9 Å². The van der Waals surface area contributed by atoms with E-state index in [1.54, 1.807) is 76.2 Å². The van der Waals surface area contributed by atoms with E-state index in [0.717, 1.165) is 41.1 Å². The third-order valence-corrected chi connectivity index (χ3v) is 16.0. The average molecular weight is 1190 g/mol. The SMILES string of the molecule is CC(C)[C@H]1C(=O)OC[C@@H](NC(=O)c2ccc3ccccc3c2)C(=O)N2CCCC[C@H]2C(=O)NCC(=O)N(C)CC(=O)N(C)[C@@H](C(C)C)C(=O)OC[C@@H](NC(=O)c2ccc3ccccc3c2)C(=O)N2CCCC[C@H]2C(=O)NCC(=O)N(C)CC(=O)N1C. The van der Waals surface area contributed by atoms with E-state index in [-0.39, 0.29) is 37.1 Å². The van der Waals surface area contributed by atoms with Crippen molar-refractivity contribution in [2.45, 2.75) is 102 Å². The minimum Gasteiger partial charge on any atom is -0.461 e. The Hall–Kier alpha value is -8.96. The zero-order valence-corrected chi connectivity index (χ0v) is 50.0. The van der Waals surface area contributed by atoms with Crippen LogP contribution >= 0.6 is 0 Å². The highest BCUT2D eigenvalue weighted by molar-refractivity contribution is 6.03. The van der Waals surface area contributed by atoms with Crippen LogP contribution in [-0.4, -0.2) is 217 Å². The summed E-state index contributed by atoms with van der Waals surface area (Å²) in [6.45, 7) is 2.96. The van der Waals surface area contributed by atoms with Crippen molar-refractivity contribution in [3.63, 3.8) is 0 Å². The van der Waals surface area contributed by atoms with Gasteiger partial charge in [0.1, 0.15) is 49.5 Å². The van der Waals surface area contributed by atoms with Crippen LogP contribution in [0.5, 0.6) is 0 Å². The molecule has 0 aromatic heterocycles. The highest BCUT2D eigenvalue weighted by Crippen LogP contribution is 2.24. The molecule has 3 saturated heterocycles. The number of hydrogen-bond donors (Lipinski definition) is 4. The second kappa shape index (κ2) is 29.2. The number of hydrogen-bond acceptors (Lipinski definition) is 14. The summed E-state index contributed by atoms with van der Waals surface area (Å²) in [4.78, 5) is 176. The van der Waals surface area contributed by atoms with Gasteiger partial charge in [-0.1, -0.05) is 88.4 Å². The molecule has 0 unspecified atom stereocenters. The van der Waals surface area contributed by atoms with Crippen molar-refractivity contribution in [2.75, 3.05) is 80.7 Å². The van der Waals surface area contributed by atoms with Gasteiger partial charge in [0.05, 0.1) is 26.2 Å². The maximum absolute atomic E-state index is 14.8. The fourth-order valence-electron chi connectivity index (χ4n) is 11.0. The van der Waals surface area contributed by atoms with Gasteiger partial charge in [-0.05, 0) is 96.2 Å². The summed E-state index contributed by atoms with van der Waals surface area (Å²) in [5, 5.41) is 13.8. The number of benzene rings is 4. The van der Waals surface area contributed by atoms with Gasteiger partial charge in [0.2, 0.25) is 47.3 Å². The molecule has 24 heteroatoms. The molecule has 0 spiro atoms. The Bertz CT molecular complexity index is 3030. The zero-order chi connectivity index (χ0) is 62.5. The maximum Gasteiger partial charge on any atom is 0.329 e. The van der Waals surface area contributed by atoms with E-state index < -0.39 is 158 Å². The number of nitrogens with one attached hydrogen (secondary N) is 4. The molecule has 86 heavy (non-hydrogen) atoms. The van der Waals surface area contributed by atoms with Crippen molar-refractivity contribution < 1.29 is 67.0 Å². The van der Waals surface area contributed by atoms with Gasteiger partial charge in [0.15, 0.2) is 0 Å². The molecule has 0 aliphatic carbocycles. The van der Waals surface area contributed by atoms with Gasteiger partial charge in [0, 0.05) is 52.4 Å². The number of nitrogens with zero attached hydrogens (tertiary/aromatic N) is 6. The Morgan fingerprint density at radius 1 is 0.488 bits per heavy atom. The van der Waals surface area contributed by atoms with Crippen LogP contribution in [0.2, 0.25) is 0 Å². The third kappa shape index (κ3) is 15.9. The van der Waals surface area contributed by atoms with E-state index in [1.165, 1.54) is 38.0 Å². The second-order valence-corrected chi connectivity index (χ2v) is 22.8. The van der Waals surface area contributed by atoms with Gasteiger partial charge in [-0.2, -0.15) is 0 Å². The molecule has 3 fully saturated rings. The van der Waals surface area contributed by atoms with E-state index in [0.29, 0.717) is 25.7 Å². The predicted molar refractivity (Wildman–Crippen MR) is 315 cm³/mol. The fraction of sp³-hybridized carbons (Fsp3) is 0.484. The number of piperidine rings is 2. The molecule has 24 nitrogen and oxygen atoms in total. The number of likely N-dealkylation sites (N-methyl/N-ethyl adjacent to an activating group) is 4. The summed E-state index contributed by atoms with van der Waals surface area (Å²) in [7, 11) is 5.34. The van der Waals surface area contributed by atoms with Crippen LogP contribution in [0, 0.1) is 11.8 Å². The standard InChI is InChI=1S/C62H78N10O14/c1-37(2)53-61(83)85-35-45(65-55(77)43-25-23-39-17-9-11-19-41(39)29-43)59(81)71-27-15-13-21-47(71)57(79)64-32-50(74)68(6)34-52(76)70(8)54(38(3)4)62(84)86-36-46(66-56(78)44-26-24-40-18-10-12-20-42(40)30-44)60(82)72-28-16-14-22-48(72)58(80)63-31-49(73)67(5)33-51(75)69(53)7/h9-12,17-20,23-26,29-30,37-38,45-48,53-54H,13-16,21-22,27-28,31-36H2,1-8H3,(H,63,80)(H,64,79)(H,65,77)(H,66,78)/t45-,46-,47+,48+,53+,54+/m1/s1. The Morgan fingerprint density at radius 3 is 1.21 bits per heavy atom. The first-order valence-corrected chi connectivity index (χ1v) is 29.0. The molecule has 3 aliphatic heterocycles. The van der Waals surface area contributed by atoms with Gasteiger partial charge in [0.25, 0.3) is 11.8 Å². The number of carbonyl (C=O) groups is 12. The summed E-state index contributed by atoms with van der Waals surface area (Å²) in [6.07, 6.45) is 2.29. The number of rotatable bonds is 6. The van der Waals surface area contributed by atoms with Crippen molar-refractivity contribution >= 4 is 92.6 Å². The van der Waals surface area contributed by atoms with Crippen molar-refractivity contribution in [1.82, 2.24) is 50.7 Å². The lowest BCUT2D eigenvalue weighted by molar-refractivity contribution is -0.159. The molecule has 4 aromatic rings. The lowest BCUT2D eigenvalue weighted by Crippen LogP contribution is -2.59. The predicted octanol–water partition coefficient (Wildman–Crippen LogP) is 1.87. The molecule has 3 heterocycles. The summed E-state index contributed by atoms with van der Waals surface area (Å²) in [6, 6.07) is 16.6. The molecular weight excluding hydrogens is 1110 g/mol. The van der Waals surface area contributed by atoms with Gasteiger partial charge in [-0.25, -0.2) is 9.59 Å². The summed E-state index contributed by atoms with van der Waals surface area (Å²) >= 11 is 0. The summed E-state index contributed by atoms with van der Waals surface area (Å²) in [5.74, 6) is -10.2. The molecule has 10 amide bonds. The average Bonchev–Trinajstić information content (AvgIpc) is 3.26. The number of carbonyl (C=O) groups excluding carboxylic acids is 12. The number of fused-ring (bicyclic) bond motifs is 4. The first-order valence-electron chi connectivity index (χ1n) is 29.0. The highest BCUT2D eigenvalue weighted by Gasteiger charge is 2.41. The van der Waals surface area contributed by atoms with Crippen LogP contribution in [0.1, 0.15) is 86.9 Å². The van der Waals surface area contributed by atoms with E-state index in [9.17, 15) is 57.5 Å². The molecular formula is C62H78N10O14. The van der Waals surface area contributed by atoms with Crippen molar-refractivity contribution in [1.29, 1.82) is 0 Å². The number of cyclic esters (lactones) is 2. The molecule has 7 rings (SSSR count). The van der Waals surface area contributed by atoms with Crippen LogP contribution in [0.25, 0.3) is 21.5 Å². The molecule has 4 aromatic carbocycles.